The van der Waals surface area contributed by atoms with E-state index in [4.69, 9.17) is 11.6 Å². The van der Waals surface area contributed by atoms with E-state index in [1.807, 2.05) is 0 Å². The fourth-order valence-electron chi connectivity index (χ4n) is 2.38. The van der Waals surface area contributed by atoms with Crippen LogP contribution in [0.25, 0.3) is 0 Å². The van der Waals surface area contributed by atoms with Gasteiger partial charge in [0.05, 0.1) is 17.0 Å². The smallest absolute Gasteiger partial charge is 0.311 e. The summed E-state index contributed by atoms with van der Waals surface area (Å²) >= 11 is 5.67. The maximum atomic E-state index is 13.0. The molecule has 1 saturated heterocycles. The SMILES string of the molecule is O=C1CC(CS(=O)(=O)F)CN1c1cc(Cl)ccc1C(F)(F)F. The minimum Gasteiger partial charge on any atom is -0.311 e. The van der Waals surface area contributed by atoms with Gasteiger partial charge in [0.15, 0.2) is 0 Å². The van der Waals surface area contributed by atoms with E-state index in [0.29, 0.717) is 0 Å². The summed E-state index contributed by atoms with van der Waals surface area (Å²) in [6.45, 7) is -0.314. The van der Waals surface area contributed by atoms with Crippen LogP contribution >= 0.6 is 11.6 Å². The zero-order chi connectivity index (χ0) is 16.7. The van der Waals surface area contributed by atoms with Crippen LogP contribution < -0.4 is 4.90 Å². The zero-order valence-corrected chi connectivity index (χ0v) is 12.5. The zero-order valence-electron chi connectivity index (χ0n) is 10.9. The summed E-state index contributed by atoms with van der Waals surface area (Å²) in [5, 5.41) is -0.00244. The Bertz CT molecular complexity index is 705. The monoisotopic (exact) mass is 359 g/mol. The van der Waals surface area contributed by atoms with Gasteiger partial charge >= 0.3 is 16.4 Å². The summed E-state index contributed by atoms with van der Waals surface area (Å²) in [6.07, 6.45) is -5.04. The van der Waals surface area contributed by atoms with Crippen LogP contribution in [0, 0.1) is 5.92 Å². The molecule has 22 heavy (non-hydrogen) atoms. The first-order chi connectivity index (χ1) is 9.97. The molecule has 1 fully saturated rings. The average molecular weight is 360 g/mol. The lowest BCUT2D eigenvalue weighted by atomic mass is 10.1. The summed E-state index contributed by atoms with van der Waals surface area (Å²) in [4.78, 5) is 12.7. The van der Waals surface area contributed by atoms with Crippen molar-refractivity contribution in [3.8, 4) is 0 Å². The third kappa shape index (κ3) is 3.89. The molecule has 0 aliphatic carbocycles. The first-order valence-corrected chi connectivity index (χ1v) is 8.00. The van der Waals surface area contributed by atoms with E-state index in [2.05, 4.69) is 0 Å². The van der Waals surface area contributed by atoms with E-state index in [-0.39, 0.29) is 18.0 Å². The van der Waals surface area contributed by atoms with Crippen LogP contribution in [-0.4, -0.2) is 26.6 Å². The first-order valence-electron chi connectivity index (χ1n) is 6.07. The third-order valence-electron chi connectivity index (χ3n) is 3.20. The minimum atomic E-state index is -4.81. The topological polar surface area (TPSA) is 54.5 Å². The van der Waals surface area contributed by atoms with Crippen molar-refractivity contribution in [3.05, 3.63) is 28.8 Å². The predicted molar refractivity (Wildman–Crippen MR) is 71.8 cm³/mol. The van der Waals surface area contributed by atoms with E-state index in [1.54, 1.807) is 0 Å². The van der Waals surface area contributed by atoms with Crippen molar-refractivity contribution in [1.82, 2.24) is 0 Å². The van der Waals surface area contributed by atoms with Gasteiger partial charge in [0.1, 0.15) is 0 Å². The molecule has 1 aromatic carbocycles. The van der Waals surface area contributed by atoms with Gasteiger partial charge in [0.25, 0.3) is 0 Å². The highest BCUT2D eigenvalue weighted by Crippen LogP contribution is 2.40. The van der Waals surface area contributed by atoms with E-state index in [0.717, 1.165) is 23.1 Å². The van der Waals surface area contributed by atoms with Crippen molar-refractivity contribution in [2.75, 3.05) is 17.2 Å². The lowest BCUT2D eigenvalue weighted by Gasteiger charge is -2.22. The van der Waals surface area contributed by atoms with Crippen LogP contribution in [0.3, 0.4) is 0 Å². The number of carbonyl (C=O) groups is 1. The Morgan fingerprint density at radius 1 is 1.32 bits per heavy atom. The molecule has 1 aliphatic rings. The number of nitrogens with zero attached hydrogens (tertiary/aromatic N) is 1. The van der Waals surface area contributed by atoms with Crippen LogP contribution in [0.1, 0.15) is 12.0 Å². The summed E-state index contributed by atoms with van der Waals surface area (Å²) in [7, 11) is -4.81. The summed E-state index contributed by atoms with van der Waals surface area (Å²) in [5.41, 5.74) is -1.52. The molecule has 122 valence electrons. The maximum Gasteiger partial charge on any atom is 0.418 e. The van der Waals surface area contributed by atoms with E-state index in [1.165, 1.54) is 0 Å². The van der Waals surface area contributed by atoms with Crippen molar-refractivity contribution >= 4 is 33.4 Å². The Morgan fingerprint density at radius 2 is 1.95 bits per heavy atom. The van der Waals surface area contributed by atoms with Crippen LogP contribution in [-0.2, 0) is 21.2 Å². The Balaban J connectivity index is 2.36. The molecule has 1 unspecified atom stereocenters. The van der Waals surface area contributed by atoms with Crippen molar-refractivity contribution in [2.45, 2.75) is 12.6 Å². The number of amides is 1. The van der Waals surface area contributed by atoms with Crippen LogP contribution in [0.5, 0.6) is 0 Å². The quantitative estimate of drug-likeness (QED) is 0.616. The van der Waals surface area contributed by atoms with E-state index in [9.17, 15) is 30.3 Å². The molecule has 0 bridgehead atoms. The number of anilines is 1. The minimum absolute atomic E-state index is 0.00244. The maximum absolute atomic E-state index is 13.0. The summed E-state index contributed by atoms with van der Waals surface area (Å²) in [5.74, 6) is -2.51. The van der Waals surface area contributed by atoms with Gasteiger partial charge in [-0.2, -0.15) is 21.6 Å². The molecule has 1 aromatic rings. The van der Waals surface area contributed by atoms with Crippen LogP contribution in [0.2, 0.25) is 5.02 Å². The molecule has 0 saturated carbocycles. The molecule has 0 radical (unpaired) electrons. The lowest BCUT2D eigenvalue weighted by molar-refractivity contribution is -0.137. The first kappa shape index (κ1) is 17.0. The summed E-state index contributed by atoms with van der Waals surface area (Å²) in [6, 6.07) is 2.76. The number of hydrogen-bond acceptors (Lipinski definition) is 3. The fourth-order valence-corrected chi connectivity index (χ4v) is 3.33. The normalized spacial score (nSPS) is 19.8. The number of rotatable bonds is 3. The standard InChI is InChI=1S/C12H10ClF4NO3S/c13-8-1-2-9(12(14,15)16)10(4-8)18-5-7(3-11(18)19)6-22(17,20)21/h1-2,4,7H,3,5-6H2. The highest BCUT2D eigenvalue weighted by Gasteiger charge is 2.40. The number of halogens is 5. The molecule has 1 heterocycles. The van der Waals surface area contributed by atoms with Gasteiger partial charge in [-0.3, -0.25) is 4.79 Å². The molecule has 10 heteroatoms. The fraction of sp³-hybridized carbons (Fsp3) is 0.417. The summed E-state index contributed by atoms with van der Waals surface area (Å²) < 4.78 is 72.9. The molecular weight excluding hydrogens is 350 g/mol. The third-order valence-corrected chi connectivity index (χ3v) is 4.30. The Morgan fingerprint density at radius 3 is 2.50 bits per heavy atom. The molecule has 0 N–H and O–H groups in total. The largest absolute Gasteiger partial charge is 0.418 e. The highest BCUT2D eigenvalue weighted by molar-refractivity contribution is 7.86. The van der Waals surface area contributed by atoms with Crippen molar-refractivity contribution in [2.24, 2.45) is 5.92 Å². The molecule has 1 aliphatic heterocycles. The number of alkyl halides is 3. The molecule has 2 rings (SSSR count). The highest BCUT2D eigenvalue weighted by atomic mass is 35.5. The molecule has 4 nitrogen and oxygen atoms in total. The molecular formula is C12H10ClF4NO3S. The van der Waals surface area contributed by atoms with Gasteiger partial charge in [-0.1, -0.05) is 11.6 Å². The second kappa shape index (κ2) is 5.69. The van der Waals surface area contributed by atoms with E-state index < -0.39 is 45.2 Å². The van der Waals surface area contributed by atoms with Crippen molar-refractivity contribution in [3.63, 3.8) is 0 Å². The molecule has 0 aromatic heterocycles. The second-order valence-corrected chi connectivity index (χ2v) is 6.79. The van der Waals surface area contributed by atoms with Crippen molar-refractivity contribution in [1.29, 1.82) is 0 Å². The van der Waals surface area contributed by atoms with Gasteiger partial charge in [-0.15, -0.1) is 3.89 Å². The Labute approximate surface area is 128 Å². The average Bonchev–Trinajstić information content (AvgIpc) is 2.65. The predicted octanol–water partition coefficient (Wildman–Crippen LogP) is 3.01. The van der Waals surface area contributed by atoms with Gasteiger partial charge in [-0.05, 0) is 18.2 Å². The van der Waals surface area contributed by atoms with Crippen LogP contribution in [0.15, 0.2) is 18.2 Å². The van der Waals surface area contributed by atoms with Gasteiger partial charge in [-0.25, -0.2) is 0 Å². The van der Waals surface area contributed by atoms with Gasteiger partial charge < -0.3 is 4.90 Å². The van der Waals surface area contributed by atoms with Gasteiger partial charge in [0, 0.05) is 23.9 Å². The number of carbonyl (C=O) groups excluding carboxylic acids is 1. The second-order valence-electron chi connectivity index (χ2n) is 4.94. The molecule has 1 amide bonds. The Kier molecular flexibility index (Phi) is 4.40. The van der Waals surface area contributed by atoms with E-state index >= 15 is 0 Å². The molecule has 1 atom stereocenters. The van der Waals surface area contributed by atoms with Crippen LogP contribution in [0.4, 0.5) is 22.7 Å². The molecule has 0 spiro atoms. The number of benzene rings is 1. The number of hydrogen-bond donors (Lipinski definition) is 0. The Hall–Kier alpha value is -1.35. The lowest BCUT2D eigenvalue weighted by Crippen LogP contribution is -2.28. The van der Waals surface area contributed by atoms with Gasteiger partial charge in [0.2, 0.25) is 5.91 Å². The van der Waals surface area contributed by atoms with Crippen molar-refractivity contribution < 1.29 is 30.3 Å².